The van der Waals surface area contributed by atoms with E-state index in [1.54, 1.807) is 7.11 Å². The number of thiophene rings is 1. The second kappa shape index (κ2) is 6.67. The van der Waals surface area contributed by atoms with Crippen molar-refractivity contribution in [1.29, 1.82) is 0 Å². The first-order valence-electron chi connectivity index (χ1n) is 7.84. The highest BCUT2D eigenvalue weighted by Crippen LogP contribution is 2.31. The van der Waals surface area contributed by atoms with E-state index in [4.69, 9.17) is 4.74 Å². The molecule has 2 aromatic rings. The monoisotopic (exact) mass is 352 g/mol. The molecule has 1 N–H and O–H groups in total. The fourth-order valence-electron chi connectivity index (χ4n) is 3.62. The predicted molar refractivity (Wildman–Crippen MR) is 96.0 cm³/mol. The Morgan fingerprint density at radius 1 is 1.30 bits per heavy atom. The number of fused-ring (bicyclic) bond motifs is 4. The Kier molecular flexibility index (Phi) is 4.80. The molecule has 0 saturated carbocycles. The number of rotatable bonds is 3. The van der Waals surface area contributed by atoms with Crippen LogP contribution in [0.4, 0.5) is 0 Å². The van der Waals surface area contributed by atoms with Crippen molar-refractivity contribution in [1.82, 2.24) is 10.2 Å². The smallest absolute Gasteiger partial charge is 0.261 e. The molecule has 3 aliphatic heterocycles. The van der Waals surface area contributed by atoms with Gasteiger partial charge in [-0.1, -0.05) is 0 Å². The van der Waals surface area contributed by atoms with Gasteiger partial charge in [0.25, 0.3) is 5.91 Å². The third-order valence-electron chi connectivity index (χ3n) is 4.92. The fourth-order valence-corrected chi connectivity index (χ4v) is 4.61. The number of ether oxygens (including phenoxy) is 1. The maximum absolute atomic E-state index is 12.6. The van der Waals surface area contributed by atoms with E-state index >= 15 is 0 Å². The standard InChI is InChI=1S/C17H20N2O2S.ClH/c1-21-13-3-2-12-8-16(22-15(12)9-13)17(20)18-14-10-19-6-4-11(14)5-7-19;/h2-3,8-9,11,14H,4-7,10H2,1H3,(H,18,20);1H/t14-;/m0./s1. The normalized spacial score (nSPS) is 25.9. The highest BCUT2D eigenvalue weighted by molar-refractivity contribution is 7.20. The molecule has 1 atom stereocenters. The number of methoxy groups -OCH3 is 1. The Morgan fingerprint density at radius 3 is 2.74 bits per heavy atom. The first-order chi connectivity index (χ1) is 10.7. The molecule has 2 bridgehead atoms. The molecule has 4 nitrogen and oxygen atoms in total. The number of nitrogens with zero attached hydrogens (tertiary/aromatic N) is 1. The summed E-state index contributed by atoms with van der Waals surface area (Å²) in [5.74, 6) is 1.56. The maximum Gasteiger partial charge on any atom is 0.261 e. The van der Waals surface area contributed by atoms with Crippen molar-refractivity contribution < 1.29 is 9.53 Å². The number of piperidine rings is 3. The van der Waals surface area contributed by atoms with E-state index < -0.39 is 0 Å². The molecular formula is C17H21ClN2O2S. The highest BCUT2D eigenvalue weighted by Gasteiger charge is 2.35. The Morgan fingerprint density at radius 2 is 2.09 bits per heavy atom. The Labute approximate surface area is 146 Å². The molecule has 23 heavy (non-hydrogen) atoms. The second-order valence-corrected chi connectivity index (χ2v) is 7.32. The molecule has 0 unspecified atom stereocenters. The van der Waals surface area contributed by atoms with E-state index in [-0.39, 0.29) is 18.3 Å². The van der Waals surface area contributed by atoms with Crippen molar-refractivity contribution in [2.24, 2.45) is 5.92 Å². The van der Waals surface area contributed by atoms with E-state index in [1.807, 2.05) is 24.3 Å². The van der Waals surface area contributed by atoms with Gasteiger partial charge < -0.3 is 15.0 Å². The summed E-state index contributed by atoms with van der Waals surface area (Å²) in [6.45, 7) is 3.40. The molecule has 0 radical (unpaired) electrons. The summed E-state index contributed by atoms with van der Waals surface area (Å²) in [5, 5.41) is 4.36. The van der Waals surface area contributed by atoms with Crippen molar-refractivity contribution in [2.45, 2.75) is 18.9 Å². The number of carbonyl (C=O) groups is 1. The van der Waals surface area contributed by atoms with E-state index in [0.29, 0.717) is 12.0 Å². The zero-order valence-corrected chi connectivity index (χ0v) is 14.7. The largest absolute Gasteiger partial charge is 0.497 e. The average molecular weight is 353 g/mol. The molecule has 0 spiro atoms. The summed E-state index contributed by atoms with van der Waals surface area (Å²) in [7, 11) is 1.66. The summed E-state index contributed by atoms with van der Waals surface area (Å²) in [4.78, 5) is 15.8. The lowest BCUT2D eigenvalue weighted by Gasteiger charge is -2.44. The van der Waals surface area contributed by atoms with Crippen molar-refractivity contribution in [3.63, 3.8) is 0 Å². The van der Waals surface area contributed by atoms with Crippen molar-refractivity contribution in [3.8, 4) is 5.75 Å². The summed E-state index contributed by atoms with van der Waals surface area (Å²) >= 11 is 1.54. The minimum atomic E-state index is 0. The lowest BCUT2D eigenvalue weighted by molar-refractivity contribution is 0.0622. The van der Waals surface area contributed by atoms with Crippen LogP contribution in [-0.2, 0) is 0 Å². The molecule has 3 saturated heterocycles. The maximum atomic E-state index is 12.6. The van der Waals surface area contributed by atoms with Crippen LogP contribution in [-0.4, -0.2) is 43.6 Å². The molecule has 6 heteroatoms. The van der Waals surface area contributed by atoms with Crippen LogP contribution in [0.2, 0.25) is 0 Å². The first kappa shape index (κ1) is 16.6. The topological polar surface area (TPSA) is 41.6 Å². The Hall–Kier alpha value is -1.30. The van der Waals surface area contributed by atoms with Crippen LogP contribution in [0.15, 0.2) is 24.3 Å². The molecule has 4 heterocycles. The van der Waals surface area contributed by atoms with E-state index in [1.165, 1.54) is 37.3 Å². The van der Waals surface area contributed by atoms with Gasteiger partial charge in [0.05, 0.1) is 12.0 Å². The van der Waals surface area contributed by atoms with Gasteiger partial charge in [0.15, 0.2) is 0 Å². The number of amides is 1. The Balaban J connectivity index is 0.00000156. The van der Waals surface area contributed by atoms with Gasteiger partial charge >= 0.3 is 0 Å². The molecule has 5 rings (SSSR count). The predicted octanol–water partition coefficient (Wildman–Crippen LogP) is 3.16. The molecule has 1 aromatic carbocycles. The molecule has 1 aromatic heterocycles. The van der Waals surface area contributed by atoms with Crippen LogP contribution in [0.5, 0.6) is 5.75 Å². The number of hydrogen-bond acceptors (Lipinski definition) is 4. The van der Waals surface area contributed by atoms with E-state index in [2.05, 4.69) is 10.2 Å². The van der Waals surface area contributed by atoms with Crippen molar-refractivity contribution in [2.75, 3.05) is 26.7 Å². The number of carbonyl (C=O) groups excluding carboxylic acids is 1. The van der Waals surface area contributed by atoms with Crippen LogP contribution in [0, 0.1) is 5.92 Å². The van der Waals surface area contributed by atoms with Gasteiger partial charge in [-0.2, -0.15) is 0 Å². The Bertz CT molecular complexity index is 710. The third-order valence-corrected chi connectivity index (χ3v) is 6.02. The molecular weight excluding hydrogens is 332 g/mol. The van der Waals surface area contributed by atoms with Gasteiger partial charge in [0.1, 0.15) is 5.75 Å². The van der Waals surface area contributed by atoms with Crippen LogP contribution < -0.4 is 10.1 Å². The van der Waals surface area contributed by atoms with Gasteiger partial charge in [0.2, 0.25) is 0 Å². The quantitative estimate of drug-likeness (QED) is 0.922. The van der Waals surface area contributed by atoms with Gasteiger partial charge in [-0.25, -0.2) is 0 Å². The fraction of sp³-hybridized carbons (Fsp3) is 0.471. The second-order valence-electron chi connectivity index (χ2n) is 6.23. The highest BCUT2D eigenvalue weighted by atomic mass is 35.5. The lowest BCUT2D eigenvalue weighted by Crippen LogP contribution is -2.57. The molecule has 1 amide bonds. The van der Waals surface area contributed by atoms with E-state index in [0.717, 1.165) is 27.3 Å². The summed E-state index contributed by atoms with van der Waals surface area (Å²) in [6.07, 6.45) is 2.43. The van der Waals surface area contributed by atoms with Crippen molar-refractivity contribution in [3.05, 3.63) is 29.1 Å². The summed E-state index contributed by atoms with van der Waals surface area (Å²) < 4.78 is 6.34. The van der Waals surface area contributed by atoms with Gasteiger partial charge in [0, 0.05) is 17.3 Å². The van der Waals surface area contributed by atoms with Crippen molar-refractivity contribution >= 4 is 39.7 Å². The zero-order chi connectivity index (χ0) is 15.1. The number of halogens is 1. The lowest BCUT2D eigenvalue weighted by atomic mass is 9.84. The molecule has 3 fully saturated rings. The third kappa shape index (κ3) is 3.18. The number of nitrogens with one attached hydrogen (secondary N) is 1. The average Bonchev–Trinajstić information content (AvgIpc) is 2.99. The zero-order valence-electron chi connectivity index (χ0n) is 13.1. The van der Waals surface area contributed by atoms with Gasteiger partial charge in [-0.3, -0.25) is 4.79 Å². The summed E-state index contributed by atoms with van der Waals surface area (Å²) in [6, 6.07) is 8.23. The van der Waals surface area contributed by atoms with Crippen LogP contribution >= 0.6 is 23.7 Å². The van der Waals surface area contributed by atoms with Gasteiger partial charge in [-0.05, 0) is 61.5 Å². The molecule has 124 valence electrons. The first-order valence-corrected chi connectivity index (χ1v) is 8.65. The SMILES string of the molecule is COc1ccc2cc(C(=O)N[C@H]3CN4CCC3CC4)sc2c1.Cl. The number of benzene rings is 1. The minimum Gasteiger partial charge on any atom is -0.497 e. The minimum absolute atomic E-state index is 0. The van der Waals surface area contributed by atoms with Crippen LogP contribution in [0.1, 0.15) is 22.5 Å². The molecule has 0 aliphatic carbocycles. The summed E-state index contributed by atoms with van der Waals surface area (Å²) in [5.41, 5.74) is 0. The van der Waals surface area contributed by atoms with Crippen LogP contribution in [0.3, 0.4) is 0 Å². The number of hydrogen-bond donors (Lipinski definition) is 1. The molecule has 3 aliphatic rings. The van der Waals surface area contributed by atoms with E-state index in [9.17, 15) is 4.79 Å². The van der Waals surface area contributed by atoms with Crippen LogP contribution in [0.25, 0.3) is 10.1 Å². The van der Waals surface area contributed by atoms with Gasteiger partial charge in [-0.15, -0.1) is 23.7 Å².